The zero-order valence-electron chi connectivity index (χ0n) is 6.65. The Balaban J connectivity index is 2.81. The maximum Gasteiger partial charge on any atom is 0.185 e. The van der Waals surface area contributed by atoms with Crippen molar-refractivity contribution in [1.82, 2.24) is 9.97 Å². The zero-order valence-corrected chi connectivity index (χ0v) is 6.65. The number of benzene rings is 1. The number of hydrogen-bond donors (Lipinski definition) is 1. The molecule has 0 radical (unpaired) electrons. The molecule has 13 heavy (non-hydrogen) atoms. The predicted molar refractivity (Wildman–Crippen MR) is 46.9 cm³/mol. The molecule has 0 aliphatic carbocycles. The van der Waals surface area contributed by atoms with Crippen molar-refractivity contribution in [3.05, 3.63) is 29.6 Å². The van der Waals surface area contributed by atoms with Gasteiger partial charge in [0.25, 0.3) is 0 Å². The third kappa shape index (κ3) is 1.12. The number of nitrogens with one attached hydrogen (secondary N) is 1. The molecule has 0 spiro atoms. The van der Waals surface area contributed by atoms with E-state index in [1.807, 2.05) is 0 Å². The maximum atomic E-state index is 10.6. The quantitative estimate of drug-likeness (QED) is 0.695. The van der Waals surface area contributed by atoms with E-state index < -0.39 is 0 Å². The lowest BCUT2D eigenvalue weighted by Gasteiger charge is -1.89. The van der Waals surface area contributed by atoms with E-state index in [0.29, 0.717) is 22.9 Å². The lowest BCUT2D eigenvalue weighted by molar-refractivity contribution is 0.111. The molecule has 1 N–H and O–H groups in total. The van der Waals surface area contributed by atoms with E-state index in [9.17, 15) is 9.59 Å². The van der Waals surface area contributed by atoms with Crippen molar-refractivity contribution in [2.24, 2.45) is 0 Å². The molecular formula is C9H6N2O2. The first kappa shape index (κ1) is 7.67. The molecule has 0 saturated carbocycles. The molecule has 0 aliphatic heterocycles. The standard InChI is InChI=1S/C9H6N2O2/c12-4-6-2-1-3-7-9(6)11-8(5-13)10-7/h1-5H,(H,10,11). The highest BCUT2D eigenvalue weighted by atomic mass is 16.1. The van der Waals surface area contributed by atoms with Crippen molar-refractivity contribution in [2.75, 3.05) is 0 Å². The Morgan fingerprint density at radius 1 is 1.23 bits per heavy atom. The highest BCUT2D eigenvalue weighted by molar-refractivity contribution is 5.95. The summed E-state index contributed by atoms with van der Waals surface area (Å²) in [6.45, 7) is 0. The third-order valence-electron chi connectivity index (χ3n) is 1.80. The summed E-state index contributed by atoms with van der Waals surface area (Å²) in [5.74, 6) is 0.240. The zero-order chi connectivity index (χ0) is 9.26. The second-order valence-electron chi connectivity index (χ2n) is 2.60. The summed E-state index contributed by atoms with van der Waals surface area (Å²) >= 11 is 0. The number of nitrogens with zero attached hydrogens (tertiary/aromatic N) is 1. The van der Waals surface area contributed by atoms with Gasteiger partial charge in [0, 0.05) is 5.56 Å². The number of aldehydes is 2. The van der Waals surface area contributed by atoms with Crippen LogP contribution < -0.4 is 0 Å². The molecule has 0 fully saturated rings. The minimum absolute atomic E-state index is 0.240. The lowest BCUT2D eigenvalue weighted by Crippen LogP contribution is -1.82. The van der Waals surface area contributed by atoms with E-state index >= 15 is 0 Å². The second kappa shape index (κ2) is 2.82. The Morgan fingerprint density at radius 3 is 2.77 bits per heavy atom. The Hall–Kier alpha value is -1.97. The van der Waals surface area contributed by atoms with Crippen molar-refractivity contribution in [3.63, 3.8) is 0 Å². The minimum atomic E-state index is 0.240. The van der Waals surface area contributed by atoms with E-state index in [1.165, 1.54) is 0 Å². The molecule has 4 heteroatoms. The number of para-hydroxylation sites is 1. The van der Waals surface area contributed by atoms with E-state index in [4.69, 9.17) is 0 Å². The molecule has 2 rings (SSSR count). The largest absolute Gasteiger partial charge is 0.336 e. The Bertz CT molecular complexity index is 473. The average molecular weight is 174 g/mol. The molecule has 1 aromatic heterocycles. The first-order chi connectivity index (χ1) is 6.35. The van der Waals surface area contributed by atoms with Crippen LogP contribution in [0.25, 0.3) is 11.0 Å². The van der Waals surface area contributed by atoms with Gasteiger partial charge in [-0.15, -0.1) is 0 Å². The predicted octanol–water partition coefficient (Wildman–Crippen LogP) is 1.19. The van der Waals surface area contributed by atoms with Gasteiger partial charge in [-0.2, -0.15) is 0 Å². The van der Waals surface area contributed by atoms with Crippen LogP contribution in [0.3, 0.4) is 0 Å². The van der Waals surface area contributed by atoms with Crippen LogP contribution in [0, 0.1) is 0 Å². The molecular weight excluding hydrogens is 168 g/mol. The molecule has 0 aliphatic rings. The first-order valence-corrected chi connectivity index (χ1v) is 3.74. The molecule has 64 valence electrons. The van der Waals surface area contributed by atoms with Gasteiger partial charge in [0.05, 0.1) is 11.0 Å². The van der Waals surface area contributed by atoms with Gasteiger partial charge in [-0.05, 0) is 12.1 Å². The first-order valence-electron chi connectivity index (χ1n) is 3.74. The molecule has 0 saturated heterocycles. The van der Waals surface area contributed by atoms with Crippen LogP contribution in [0.4, 0.5) is 0 Å². The maximum absolute atomic E-state index is 10.6. The molecule has 0 amide bonds. The fraction of sp³-hybridized carbons (Fsp3) is 0. The van der Waals surface area contributed by atoms with Crippen molar-refractivity contribution >= 4 is 23.6 Å². The van der Waals surface area contributed by atoms with Gasteiger partial charge < -0.3 is 4.98 Å². The van der Waals surface area contributed by atoms with Gasteiger partial charge in [-0.25, -0.2) is 4.98 Å². The summed E-state index contributed by atoms with van der Waals surface area (Å²) < 4.78 is 0. The van der Waals surface area contributed by atoms with Crippen LogP contribution in [0.2, 0.25) is 0 Å². The summed E-state index contributed by atoms with van der Waals surface area (Å²) in [5, 5.41) is 0. The van der Waals surface area contributed by atoms with Crippen molar-refractivity contribution in [2.45, 2.75) is 0 Å². The smallest absolute Gasteiger partial charge is 0.185 e. The van der Waals surface area contributed by atoms with E-state index in [2.05, 4.69) is 9.97 Å². The Kier molecular flexibility index (Phi) is 1.66. The second-order valence-corrected chi connectivity index (χ2v) is 2.60. The number of H-pyrrole nitrogens is 1. The highest BCUT2D eigenvalue weighted by Crippen LogP contribution is 2.13. The van der Waals surface area contributed by atoms with E-state index in [1.54, 1.807) is 18.2 Å². The van der Waals surface area contributed by atoms with Crippen LogP contribution in [0.5, 0.6) is 0 Å². The molecule has 0 atom stereocenters. The number of carbonyl (C=O) groups is 2. The van der Waals surface area contributed by atoms with Gasteiger partial charge in [0.2, 0.25) is 0 Å². The molecule has 1 heterocycles. The fourth-order valence-electron chi connectivity index (χ4n) is 1.22. The molecule has 0 bridgehead atoms. The molecule has 1 aromatic carbocycles. The fourth-order valence-corrected chi connectivity index (χ4v) is 1.22. The van der Waals surface area contributed by atoms with E-state index in [0.717, 1.165) is 6.29 Å². The monoisotopic (exact) mass is 174 g/mol. The minimum Gasteiger partial charge on any atom is -0.336 e. The topological polar surface area (TPSA) is 62.8 Å². The van der Waals surface area contributed by atoms with Crippen LogP contribution >= 0.6 is 0 Å². The summed E-state index contributed by atoms with van der Waals surface area (Å²) in [7, 11) is 0. The van der Waals surface area contributed by atoms with Crippen molar-refractivity contribution in [1.29, 1.82) is 0 Å². The van der Waals surface area contributed by atoms with Crippen LogP contribution in [-0.4, -0.2) is 22.5 Å². The number of fused-ring (bicyclic) bond motifs is 1. The SMILES string of the molecule is O=Cc1nc2c(C=O)cccc2[nH]1. The number of hydrogen-bond acceptors (Lipinski definition) is 3. The molecule has 0 unspecified atom stereocenters. The van der Waals surface area contributed by atoms with Gasteiger partial charge in [0.1, 0.15) is 0 Å². The summed E-state index contributed by atoms with van der Waals surface area (Å²) in [5.41, 5.74) is 1.73. The average Bonchev–Trinajstić information content (AvgIpc) is 2.59. The number of imidazole rings is 1. The van der Waals surface area contributed by atoms with Gasteiger partial charge in [-0.1, -0.05) is 6.07 Å². The number of aromatic nitrogens is 2. The summed E-state index contributed by atoms with van der Waals surface area (Å²) in [4.78, 5) is 27.7. The van der Waals surface area contributed by atoms with Gasteiger partial charge in [-0.3, -0.25) is 9.59 Å². The Labute approximate surface area is 73.6 Å². The summed E-state index contributed by atoms with van der Waals surface area (Å²) in [6, 6.07) is 5.16. The third-order valence-corrected chi connectivity index (χ3v) is 1.80. The van der Waals surface area contributed by atoms with Gasteiger partial charge >= 0.3 is 0 Å². The van der Waals surface area contributed by atoms with E-state index in [-0.39, 0.29) is 5.82 Å². The van der Waals surface area contributed by atoms with Crippen LogP contribution in [-0.2, 0) is 0 Å². The van der Waals surface area contributed by atoms with Crippen molar-refractivity contribution in [3.8, 4) is 0 Å². The lowest BCUT2D eigenvalue weighted by atomic mass is 10.2. The number of aromatic amines is 1. The number of carbonyl (C=O) groups excluding carboxylic acids is 2. The Morgan fingerprint density at radius 2 is 2.08 bits per heavy atom. The molecule has 4 nitrogen and oxygen atoms in total. The molecule has 2 aromatic rings. The summed E-state index contributed by atoms with van der Waals surface area (Å²) in [6.07, 6.45) is 1.34. The normalized spacial score (nSPS) is 10.2. The van der Waals surface area contributed by atoms with Gasteiger partial charge in [0.15, 0.2) is 18.4 Å². The highest BCUT2D eigenvalue weighted by Gasteiger charge is 2.04. The van der Waals surface area contributed by atoms with Crippen LogP contribution in [0.1, 0.15) is 21.0 Å². The number of rotatable bonds is 2. The van der Waals surface area contributed by atoms with Crippen molar-refractivity contribution < 1.29 is 9.59 Å². The van der Waals surface area contributed by atoms with Crippen LogP contribution in [0.15, 0.2) is 18.2 Å².